The first kappa shape index (κ1) is 16.5. The number of likely N-dealkylation sites (N-methyl/N-ethyl adjacent to an activating group) is 1. The normalized spacial score (nSPS) is 10.5. The molecule has 0 saturated heterocycles. The van der Waals surface area contributed by atoms with E-state index < -0.39 is 0 Å². The quantitative estimate of drug-likeness (QED) is 0.854. The highest BCUT2D eigenvalue weighted by molar-refractivity contribution is 9.10. The van der Waals surface area contributed by atoms with E-state index in [1.165, 1.54) is 0 Å². The van der Waals surface area contributed by atoms with Crippen LogP contribution in [0.1, 0.15) is 10.4 Å². The first-order valence-electron chi connectivity index (χ1n) is 7.01. The Balaban J connectivity index is 2.11. The number of amides is 1. The van der Waals surface area contributed by atoms with Crippen LogP contribution in [-0.4, -0.2) is 38.0 Å². The fourth-order valence-electron chi connectivity index (χ4n) is 1.89. The van der Waals surface area contributed by atoms with Crippen molar-refractivity contribution in [1.29, 1.82) is 0 Å². The van der Waals surface area contributed by atoms with Crippen LogP contribution in [0.25, 0.3) is 0 Å². The Morgan fingerprint density at radius 2 is 1.95 bits per heavy atom. The van der Waals surface area contributed by atoms with Gasteiger partial charge in [-0.15, -0.1) is 0 Å². The van der Waals surface area contributed by atoms with Crippen molar-refractivity contribution in [3.63, 3.8) is 0 Å². The van der Waals surface area contributed by atoms with E-state index >= 15 is 0 Å². The molecule has 0 aromatic heterocycles. The molecule has 5 heteroatoms. The molecule has 0 aliphatic rings. The van der Waals surface area contributed by atoms with E-state index in [0.717, 1.165) is 11.0 Å². The van der Waals surface area contributed by atoms with Crippen LogP contribution in [0, 0.1) is 0 Å². The maximum atomic E-state index is 12.3. The molecule has 0 aliphatic heterocycles. The summed E-state index contributed by atoms with van der Waals surface area (Å²) in [4.78, 5) is 14.3. The van der Waals surface area contributed by atoms with Crippen molar-refractivity contribution < 1.29 is 9.53 Å². The third-order valence-electron chi connectivity index (χ3n) is 3.00. The number of para-hydroxylation sites is 1. The van der Waals surface area contributed by atoms with Crippen molar-refractivity contribution in [3.05, 3.63) is 58.6 Å². The maximum Gasteiger partial charge on any atom is 0.255 e. The Labute approximate surface area is 139 Å². The number of carbonyl (C=O) groups is 1. The molecular formula is C17H19BrN2O2. The second-order valence-electron chi connectivity index (χ2n) is 5.11. The predicted octanol–water partition coefficient (Wildman–Crippen LogP) is 3.53. The third kappa shape index (κ3) is 4.86. The summed E-state index contributed by atoms with van der Waals surface area (Å²) in [6.45, 7) is 1.39. The van der Waals surface area contributed by atoms with E-state index in [4.69, 9.17) is 4.74 Å². The van der Waals surface area contributed by atoms with Gasteiger partial charge in [0.25, 0.3) is 5.91 Å². The van der Waals surface area contributed by atoms with Gasteiger partial charge in [0.2, 0.25) is 0 Å². The van der Waals surface area contributed by atoms with E-state index in [-0.39, 0.29) is 5.91 Å². The monoisotopic (exact) mass is 362 g/mol. The van der Waals surface area contributed by atoms with Crippen LogP contribution in [0.15, 0.2) is 53.0 Å². The molecule has 0 bridgehead atoms. The minimum Gasteiger partial charge on any atom is -0.456 e. The van der Waals surface area contributed by atoms with Crippen LogP contribution < -0.4 is 10.1 Å². The summed E-state index contributed by atoms with van der Waals surface area (Å²) >= 11 is 3.41. The number of halogens is 1. The molecule has 1 amide bonds. The van der Waals surface area contributed by atoms with E-state index in [1.54, 1.807) is 12.1 Å². The van der Waals surface area contributed by atoms with E-state index in [1.807, 2.05) is 55.4 Å². The number of nitrogens with one attached hydrogen (secondary N) is 1. The molecule has 0 heterocycles. The Morgan fingerprint density at radius 1 is 1.18 bits per heavy atom. The molecule has 0 atom stereocenters. The highest BCUT2D eigenvalue weighted by atomic mass is 79.9. The molecule has 2 aromatic carbocycles. The van der Waals surface area contributed by atoms with Gasteiger partial charge in [-0.3, -0.25) is 4.79 Å². The second kappa shape index (κ2) is 7.96. The van der Waals surface area contributed by atoms with Gasteiger partial charge in [-0.25, -0.2) is 0 Å². The van der Waals surface area contributed by atoms with Gasteiger partial charge < -0.3 is 15.0 Å². The zero-order chi connectivity index (χ0) is 15.9. The fraction of sp³-hybridized carbons (Fsp3) is 0.235. The molecule has 0 aliphatic carbocycles. The predicted molar refractivity (Wildman–Crippen MR) is 91.5 cm³/mol. The standard InChI is InChI=1S/C17H19BrN2O2/c1-20(2)11-10-19-17(21)15-8-3-4-9-16(15)22-14-7-5-6-13(18)12-14/h3-9,12H,10-11H2,1-2H3,(H,19,21). The lowest BCUT2D eigenvalue weighted by Gasteiger charge is -2.13. The van der Waals surface area contributed by atoms with Gasteiger partial charge >= 0.3 is 0 Å². The molecule has 22 heavy (non-hydrogen) atoms. The first-order valence-corrected chi connectivity index (χ1v) is 7.81. The van der Waals surface area contributed by atoms with Gasteiger partial charge in [0.15, 0.2) is 0 Å². The van der Waals surface area contributed by atoms with Crippen LogP contribution in [0.2, 0.25) is 0 Å². The van der Waals surface area contributed by atoms with Gasteiger partial charge in [-0.1, -0.05) is 34.1 Å². The summed E-state index contributed by atoms with van der Waals surface area (Å²) in [6, 6.07) is 14.8. The Morgan fingerprint density at radius 3 is 2.68 bits per heavy atom. The van der Waals surface area contributed by atoms with Crippen molar-refractivity contribution in [1.82, 2.24) is 10.2 Å². The number of rotatable bonds is 6. The summed E-state index contributed by atoms with van der Waals surface area (Å²) < 4.78 is 6.77. The lowest BCUT2D eigenvalue weighted by Crippen LogP contribution is -2.31. The molecule has 4 nitrogen and oxygen atoms in total. The summed E-state index contributed by atoms with van der Waals surface area (Å²) in [6.07, 6.45) is 0. The Kier molecular flexibility index (Phi) is 5.98. The summed E-state index contributed by atoms with van der Waals surface area (Å²) in [7, 11) is 3.94. The van der Waals surface area contributed by atoms with Crippen molar-refractivity contribution in [2.45, 2.75) is 0 Å². The minimum absolute atomic E-state index is 0.132. The zero-order valence-corrected chi connectivity index (χ0v) is 14.3. The lowest BCUT2D eigenvalue weighted by molar-refractivity contribution is 0.0949. The van der Waals surface area contributed by atoms with Crippen LogP contribution in [0.3, 0.4) is 0 Å². The number of nitrogens with zero attached hydrogens (tertiary/aromatic N) is 1. The van der Waals surface area contributed by atoms with Gasteiger partial charge in [0, 0.05) is 17.6 Å². The van der Waals surface area contributed by atoms with E-state index in [2.05, 4.69) is 21.2 Å². The number of hydrogen-bond acceptors (Lipinski definition) is 3. The lowest BCUT2D eigenvalue weighted by atomic mass is 10.2. The van der Waals surface area contributed by atoms with Crippen molar-refractivity contribution in [2.75, 3.05) is 27.2 Å². The molecule has 0 unspecified atom stereocenters. The SMILES string of the molecule is CN(C)CCNC(=O)c1ccccc1Oc1cccc(Br)c1. The van der Waals surface area contributed by atoms with E-state index in [0.29, 0.717) is 23.6 Å². The molecular weight excluding hydrogens is 344 g/mol. The molecule has 0 saturated carbocycles. The maximum absolute atomic E-state index is 12.3. The smallest absolute Gasteiger partial charge is 0.255 e. The molecule has 116 valence electrons. The van der Waals surface area contributed by atoms with Gasteiger partial charge in [0.05, 0.1) is 5.56 Å². The van der Waals surface area contributed by atoms with Crippen molar-refractivity contribution >= 4 is 21.8 Å². The minimum atomic E-state index is -0.132. The zero-order valence-electron chi connectivity index (χ0n) is 12.7. The molecule has 2 rings (SSSR count). The Hall–Kier alpha value is -1.85. The molecule has 2 aromatic rings. The number of hydrogen-bond donors (Lipinski definition) is 1. The average Bonchev–Trinajstić information content (AvgIpc) is 2.47. The largest absolute Gasteiger partial charge is 0.456 e. The summed E-state index contributed by atoms with van der Waals surface area (Å²) in [5, 5.41) is 2.90. The molecule has 0 fully saturated rings. The number of benzene rings is 2. The van der Waals surface area contributed by atoms with Crippen molar-refractivity contribution in [3.8, 4) is 11.5 Å². The summed E-state index contributed by atoms with van der Waals surface area (Å²) in [5.41, 5.74) is 0.529. The fourth-order valence-corrected chi connectivity index (χ4v) is 2.27. The van der Waals surface area contributed by atoms with Crippen LogP contribution >= 0.6 is 15.9 Å². The highest BCUT2D eigenvalue weighted by Gasteiger charge is 2.12. The van der Waals surface area contributed by atoms with Crippen LogP contribution in [0.4, 0.5) is 0 Å². The first-order chi connectivity index (χ1) is 10.6. The molecule has 0 radical (unpaired) electrons. The van der Waals surface area contributed by atoms with Gasteiger partial charge in [-0.05, 0) is 44.4 Å². The van der Waals surface area contributed by atoms with Gasteiger partial charge in [-0.2, -0.15) is 0 Å². The average molecular weight is 363 g/mol. The topological polar surface area (TPSA) is 41.6 Å². The second-order valence-corrected chi connectivity index (χ2v) is 6.03. The van der Waals surface area contributed by atoms with Gasteiger partial charge in [0.1, 0.15) is 11.5 Å². The molecule has 0 spiro atoms. The van der Waals surface area contributed by atoms with Crippen LogP contribution in [-0.2, 0) is 0 Å². The number of ether oxygens (including phenoxy) is 1. The van der Waals surface area contributed by atoms with Crippen LogP contribution in [0.5, 0.6) is 11.5 Å². The third-order valence-corrected chi connectivity index (χ3v) is 3.49. The molecule has 1 N–H and O–H groups in total. The van der Waals surface area contributed by atoms with Crippen molar-refractivity contribution in [2.24, 2.45) is 0 Å². The highest BCUT2D eigenvalue weighted by Crippen LogP contribution is 2.27. The summed E-state index contributed by atoms with van der Waals surface area (Å²) in [5.74, 6) is 1.10. The van der Waals surface area contributed by atoms with E-state index in [9.17, 15) is 4.79 Å². The number of carbonyl (C=O) groups excluding carboxylic acids is 1. The Bertz CT molecular complexity index is 644.